The topological polar surface area (TPSA) is 12.5 Å². The van der Waals surface area contributed by atoms with E-state index in [2.05, 4.69) is 20.8 Å². The van der Waals surface area contributed by atoms with Gasteiger partial charge in [0, 0.05) is 0 Å². The van der Waals surface area contributed by atoms with E-state index in [0.29, 0.717) is 6.10 Å². The molecule has 1 saturated heterocycles. The lowest BCUT2D eigenvalue weighted by Crippen LogP contribution is -2.07. The standard InChI is InChI=1S/C22H44O/c1-4-5-6-7-8-9-10-11-12-13-14-15-16-17-18-19-20-22(3)21(2)23-22/h21H,4-20H2,1-3H3. The largest absolute Gasteiger partial charge is 0.367 e. The summed E-state index contributed by atoms with van der Waals surface area (Å²) >= 11 is 0. The lowest BCUT2D eigenvalue weighted by Gasteiger charge is -2.06. The van der Waals surface area contributed by atoms with Gasteiger partial charge in [-0.15, -0.1) is 0 Å². The van der Waals surface area contributed by atoms with Crippen LogP contribution in [0.4, 0.5) is 0 Å². The quantitative estimate of drug-likeness (QED) is 0.196. The molecule has 0 radical (unpaired) electrons. The maximum absolute atomic E-state index is 5.63. The van der Waals surface area contributed by atoms with Crippen molar-refractivity contribution >= 4 is 0 Å². The predicted octanol–water partition coefficient (Wildman–Crippen LogP) is 7.82. The van der Waals surface area contributed by atoms with Gasteiger partial charge in [-0.1, -0.05) is 110 Å². The van der Waals surface area contributed by atoms with Gasteiger partial charge in [0.2, 0.25) is 0 Å². The third kappa shape index (κ3) is 11.2. The first-order valence-electron chi connectivity index (χ1n) is 10.9. The summed E-state index contributed by atoms with van der Waals surface area (Å²) in [7, 11) is 0. The summed E-state index contributed by atoms with van der Waals surface area (Å²) in [5, 5.41) is 0. The fraction of sp³-hybridized carbons (Fsp3) is 1.00. The summed E-state index contributed by atoms with van der Waals surface area (Å²) in [6.45, 7) is 6.76. The number of epoxide rings is 1. The van der Waals surface area contributed by atoms with Crippen LogP contribution < -0.4 is 0 Å². The van der Waals surface area contributed by atoms with Crippen LogP contribution in [-0.4, -0.2) is 11.7 Å². The third-order valence-corrected chi connectivity index (χ3v) is 5.78. The fourth-order valence-electron chi connectivity index (χ4n) is 3.66. The molecule has 0 amide bonds. The number of ether oxygens (including phenoxy) is 1. The van der Waals surface area contributed by atoms with Crippen molar-refractivity contribution in [2.45, 2.75) is 142 Å². The van der Waals surface area contributed by atoms with Crippen LogP contribution in [-0.2, 0) is 4.74 Å². The predicted molar refractivity (Wildman–Crippen MR) is 103 cm³/mol. The summed E-state index contributed by atoms with van der Waals surface area (Å²) < 4.78 is 5.63. The summed E-state index contributed by atoms with van der Waals surface area (Å²) in [5.41, 5.74) is 0.246. The second-order valence-corrected chi connectivity index (χ2v) is 8.13. The van der Waals surface area contributed by atoms with Crippen molar-refractivity contribution in [1.29, 1.82) is 0 Å². The molecule has 0 aliphatic carbocycles. The Bertz CT molecular complexity index is 263. The van der Waals surface area contributed by atoms with Gasteiger partial charge in [-0.3, -0.25) is 0 Å². The average Bonchev–Trinajstić information content (AvgIpc) is 3.14. The zero-order valence-corrected chi connectivity index (χ0v) is 16.5. The van der Waals surface area contributed by atoms with Crippen molar-refractivity contribution in [2.24, 2.45) is 0 Å². The molecular formula is C22H44O. The zero-order chi connectivity index (χ0) is 16.8. The molecule has 0 spiro atoms. The van der Waals surface area contributed by atoms with E-state index in [0.717, 1.165) is 0 Å². The van der Waals surface area contributed by atoms with Crippen molar-refractivity contribution < 1.29 is 4.74 Å². The van der Waals surface area contributed by atoms with E-state index in [4.69, 9.17) is 4.74 Å². The van der Waals surface area contributed by atoms with Crippen LogP contribution in [0.2, 0.25) is 0 Å². The number of hydrogen-bond donors (Lipinski definition) is 0. The van der Waals surface area contributed by atoms with Crippen LogP contribution in [0.25, 0.3) is 0 Å². The molecule has 1 aliphatic rings. The Hall–Kier alpha value is -0.0400. The van der Waals surface area contributed by atoms with E-state index in [9.17, 15) is 0 Å². The fourth-order valence-corrected chi connectivity index (χ4v) is 3.66. The first-order chi connectivity index (χ1) is 11.2. The highest BCUT2D eigenvalue weighted by molar-refractivity contribution is 4.95. The molecule has 2 atom stereocenters. The van der Waals surface area contributed by atoms with Crippen LogP contribution in [0, 0.1) is 0 Å². The van der Waals surface area contributed by atoms with Crippen LogP contribution in [0.3, 0.4) is 0 Å². The van der Waals surface area contributed by atoms with Gasteiger partial charge in [0.05, 0.1) is 11.7 Å². The molecule has 0 saturated carbocycles. The van der Waals surface area contributed by atoms with E-state index in [1.807, 2.05) is 0 Å². The molecule has 0 bridgehead atoms. The lowest BCUT2D eigenvalue weighted by molar-refractivity contribution is 0.292. The summed E-state index contributed by atoms with van der Waals surface area (Å²) in [6.07, 6.45) is 24.9. The van der Waals surface area contributed by atoms with Gasteiger partial charge in [0.1, 0.15) is 0 Å². The minimum Gasteiger partial charge on any atom is -0.367 e. The summed E-state index contributed by atoms with van der Waals surface area (Å²) in [4.78, 5) is 0. The monoisotopic (exact) mass is 324 g/mol. The molecule has 1 fully saturated rings. The van der Waals surface area contributed by atoms with Crippen LogP contribution >= 0.6 is 0 Å². The maximum atomic E-state index is 5.63. The van der Waals surface area contributed by atoms with Crippen molar-refractivity contribution in [3.05, 3.63) is 0 Å². The van der Waals surface area contributed by atoms with Crippen molar-refractivity contribution in [3.63, 3.8) is 0 Å². The number of unbranched alkanes of at least 4 members (excludes halogenated alkanes) is 15. The second kappa shape index (κ2) is 13.3. The minimum absolute atomic E-state index is 0.246. The Kier molecular flexibility index (Phi) is 12.1. The van der Waals surface area contributed by atoms with Gasteiger partial charge >= 0.3 is 0 Å². The Morgan fingerprint density at radius 3 is 1.22 bits per heavy atom. The molecule has 1 rings (SSSR count). The molecular weight excluding hydrogens is 280 g/mol. The number of rotatable bonds is 17. The molecule has 0 aromatic carbocycles. The highest BCUT2D eigenvalue weighted by Crippen LogP contribution is 2.40. The Morgan fingerprint density at radius 2 is 0.913 bits per heavy atom. The average molecular weight is 325 g/mol. The molecule has 0 N–H and O–H groups in total. The Morgan fingerprint density at radius 1 is 0.609 bits per heavy atom. The van der Waals surface area contributed by atoms with Gasteiger partial charge < -0.3 is 4.74 Å². The van der Waals surface area contributed by atoms with Crippen molar-refractivity contribution in [2.75, 3.05) is 0 Å². The Balaban J connectivity index is 1.66. The van der Waals surface area contributed by atoms with E-state index in [-0.39, 0.29) is 5.60 Å². The highest BCUT2D eigenvalue weighted by atomic mass is 16.6. The molecule has 0 aromatic rings. The molecule has 0 aromatic heterocycles. The third-order valence-electron chi connectivity index (χ3n) is 5.78. The molecule has 1 heteroatoms. The molecule has 1 nitrogen and oxygen atoms in total. The van der Waals surface area contributed by atoms with E-state index < -0.39 is 0 Å². The van der Waals surface area contributed by atoms with Gasteiger partial charge in [0.15, 0.2) is 0 Å². The van der Waals surface area contributed by atoms with E-state index >= 15 is 0 Å². The maximum Gasteiger partial charge on any atom is 0.0917 e. The molecule has 2 unspecified atom stereocenters. The highest BCUT2D eigenvalue weighted by Gasteiger charge is 2.47. The summed E-state index contributed by atoms with van der Waals surface area (Å²) in [5.74, 6) is 0. The van der Waals surface area contributed by atoms with Crippen molar-refractivity contribution in [3.8, 4) is 0 Å². The Labute approximate surface area is 147 Å². The molecule has 23 heavy (non-hydrogen) atoms. The smallest absolute Gasteiger partial charge is 0.0917 e. The van der Waals surface area contributed by atoms with E-state index in [1.165, 1.54) is 109 Å². The van der Waals surface area contributed by atoms with Crippen molar-refractivity contribution in [1.82, 2.24) is 0 Å². The normalized spacial score (nSPS) is 23.3. The molecule has 1 heterocycles. The van der Waals surface area contributed by atoms with Crippen LogP contribution in [0.15, 0.2) is 0 Å². The van der Waals surface area contributed by atoms with Gasteiger partial charge in [0.25, 0.3) is 0 Å². The van der Waals surface area contributed by atoms with Gasteiger partial charge in [-0.05, 0) is 20.3 Å². The SMILES string of the molecule is CCCCCCCCCCCCCCCCCCC1(C)OC1C. The van der Waals surface area contributed by atoms with Gasteiger partial charge in [-0.2, -0.15) is 0 Å². The second-order valence-electron chi connectivity index (χ2n) is 8.13. The van der Waals surface area contributed by atoms with Crippen LogP contribution in [0.5, 0.6) is 0 Å². The van der Waals surface area contributed by atoms with Gasteiger partial charge in [-0.25, -0.2) is 0 Å². The summed E-state index contributed by atoms with van der Waals surface area (Å²) in [6, 6.07) is 0. The van der Waals surface area contributed by atoms with E-state index in [1.54, 1.807) is 0 Å². The first kappa shape index (κ1) is 21.0. The lowest BCUT2D eigenvalue weighted by atomic mass is 9.99. The molecule has 138 valence electrons. The first-order valence-corrected chi connectivity index (χ1v) is 10.9. The van der Waals surface area contributed by atoms with Crippen LogP contribution in [0.1, 0.15) is 130 Å². The molecule has 1 aliphatic heterocycles. The number of hydrogen-bond acceptors (Lipinski definition) is 1. The minimum atomic E-state index is 0.246. The zero-order valence-electron chi connectivity index (χ0n) is 16.5.